The predicted octanol–water partition coefficient (Wildman–Crippen LogP) is 3.56. The molecule has 1 aliphatic rings. The summed E-state index contributed by atoms with van der Waals surface area (Å²) in [5.41, 5.74) is 2.64. The van der Waals surface area contributed by atoms with Crippen LogP contribution in [0.15, 0.2) is 16.6 Å². The van der Waals surface area contributed by atoms with Gasteiger partial charge in [0.25, 0.3) is 0 Å². The second-order valence-electron chi connectivity index (χ2n) is 3.87. The van der Waals surface area contributed by atoms with Crippen LogP contribution in [0.2, 0.25) is 5.02 Å². The molecule has 0 amide bonds. The average Bonchev–Trinajstić information content (AvgIpc) is 2.50. The molecule has 1 N–H and O–H groups in total. The second-order valence-corrected chi connectivity index (χ2v) is 5.13. The van der Waals surface area contributed by atoms with E-state index in [0.717, 1.165) is 11.4 Å². The zero-order valence-electron chi connectivity index (χ0n) is 8.27. The van der Waals surface area contributed by atoms with Crippen LogP contribution in [0.5, 0.6) is 0 Å². The third kappa shape index (κ3) is 1.50. The molecule has 2 atom stereocenters. The second kappa shape index (κ2) is 3.84. The Hall–Kier alpha value is -0.0500. The van der Waals surface area contributed by atoms with E-state index in [9.17, 15) is 0 Å². The number of hydrogen-bond donors (Lipinski definition) is 1. The van der Waals surface area contributed by atoms with Crippen LogP contribution in [0.4, 0.5) is 0 Å². The highest BCUT2D eigenvalue weighted by Crippen LogP contribution is 2.42. The fourth-order valence-corrected chi connectivity index (χ4v) is 3.17. The maximum Gasteiger partial charge on any atom is 0.0442 e. The molecular formula is C11H13BrClN. The van der Waals surface area contributed by atoms with Gasteiger partial charge >= 0.3 is 0 Å². The molecule has 0 heterocycles. The Bertz CT molecular complexity index is 365. The summed E-state index contributed by atoms with van der Waals surface area (Å²) in [7, 11) is 2.00. The molecule has 1 nitrogen and oxygen atoms in total. The van der Waals surface area contributed by atoms with E-state index in [0.29, 0.717) is 12.0 Å². The predicted molar refractivity (Wildman–Crippen MR) is 63.8 cm³/mol. The Balaban J connectivity index is 2.57. The van der Waals surface area contributed by atoms with E-state index in [1.165, 1.54) is 15.6 Å². The van der Waals surface area contributed by atoms with Gasteiger partial charge < -0.3 is 5.32 Å². The molecule has 1 aliphatic carbocycles. The van der Waals surface area contributed by atoms with E-state index in [1.54, 1.807) is 0 Å². The van der Waals surface area contributed by atoms with Crippen molar-refractivity contribution < 1.29 is 0 Å². The van der Waals surface area contributed by atoms with Gasteiger partial charge in [0.1, 0.15) is 0 Å². The minimum atomic E-state index is 0.429. The number of fused-ring (bicyclic) bond motifs is 1. The van der Waals surface area contributed by atoms with Crippen molar-refractivity contribution in [2.75, 3.05) is 7.05 Å². The zero-order valence-corrected chi connectivity index (χ0v) is 10.6. The normalized spacial score (nSPS) is 25.1. The molecule has 0 aromatic heterocycles. The van der Waals surface area contributed by atoms with Gasteiger partial charge in [0.05, 0.1) is 0 Å². The number of rotatable bonds is 1. The zero-order chi connectivity index (χ0) is 10.3. The smallest absolute Gasteiger partial charge is 0.0442 e. The lowest BCUT2D eigenvalue weighted by atomic mass is 10.0. The summed E-state index contributed by atoms with van der Waals surface area (Å²) in [5, 5.41) is 4.25. The summed E-state index contributed by atoms with van der Waals surface area (Å²) in [5.74, 6) is 0.617. The molecule has 0 bridgehead atoms. The van der Waals surface area contributed by atoms with Crippen molar-refractivity contribution in [3.63, 3.8) is 0 Å². The standard InChI is InChI=1S/C11H13BrClN/c1-6-5-7-9(13)4-3-8(12)10(7)11(6)14-2/h3-4,6,11,14H,5H2,1-2H3. The number of benzene rings is 1. The summed E-state index contributed by atoms with van der Waals surface area (Å²) in [6.07, 6.45) is 1.07. The Labute approximate surface area is 98.0 Å². The molecule has 14 heavy (non-hydrogen) atoms. The Morgan fingerprint density at radius 3 is 2.86 bits per heavy atom. The summed E-state index contributed by atoms with van der Waals surface area (Å²) in [6.45, 7) is 2.25. The highest BCUT2D eigenvalue weighted by Gasteiger charge is 2.31. The molecule has 2 unspecified atom stereocenters. The van der Waals surface area contributed by atoms with Crippen LogP contribution in [0, 0.1) is 5.92 Å². The van der Waals surface area contributed by atoms with Crippen LogP contribution in [0.1, 0.15) is 24.1 Å². The van der Waals surface area contributed by atoms with Crippen molar-refractivity contribution in [2.24, 2.45) is 5.92 Å². The third-order valence-corrected chi connectivity index (χ3v) is 4.01. The number of hydrogen-bond acceptors (Lipinski definition) is 1. The number of nitrogens with one attached hydrogen (secondary N) is 1. The van der Waals surface area contributed by atoms with E-state index in [4.69, 9.17) is 11.6 Å². The third-order valence-electron chi connectivity index (χ3n) is 2.96. The first-order valence-electron chi connectivity index (χ1n) is 4.79. The summed E-state index contributed by atoms with van der Waals surface area (Å²) >= 11 is 9.77. The van der Waals surface area contributed by atoms with Gasteiger partial charge in [0.15, 0.2) is 0 Å². The molecule has 0 saturated carbocycles. The molecule has 0 fully saturated rings. The topological polar surface area (TPSA) is 12.0 Å². The summed E-state index contributed by atoms with van der Waals surface area (Å²) in [6, 6.07) is 4.43. The minimum absolute atomic E-state index is 0.429. The maximum absolute atomic E-state index is 6.18. The first-order valence-corrected chi connectivity index (χ1v) is 5.96. The van der Waals surface area contributed by atoms with Gasteiger partial charge in [-0.3, -0.25) is 0 Å². The fourth-order valence-electron chi connectivity index (χ4n) is 2.31. The van der Waals surface area contributed by atoms with Gasteiger partial charge in [-0.15, -0.1) is 0 Å². The Morgan fingerprint density at radius 1 is 1.50 bits per heavy atom. The van der Waals surface area contributed by atoms with Gasteiger partial charge in [-0.1, -0.05) is 34.5 Å². The lowest BCUT2D eigenvalue weighted by Crippen LogP contribution is -2.19. The SMILES string of the molecule is CNC1c2c(Br)ccc(Cl)c2CC1C. The van der Waals surface area contributed by atoms with Crippen molar-refractivity contribution in [2.45, 2.75) is 19.4 Å². The molecule has 3 heteroatoms. The van der Waals surface area contributed by atoms with E-state index in [2.05, 4.69) is 28.2 Å². The van der Waals surface area contributed by atoms with Gasteiger partial charge in [0.2, 0.25) is 0 Å². The van der Waals surface area contributed by atoms with Crippen LogP contribution in [0.25, 0.3) is 0 Å². The van der Waals surface area contributed by atoms with Gasteiger partial charge in [-0.25, -0.2) is 0 Å². The molecule has 0 aliphatic heterocycles. The molecular weight excluding hydrogens is 261 g/mol. The van der Waals surface area contributed by atoms with Crippen LogP contribution in [-0.4, -0.2) is 7.05 Å². The number of halogens is 2. The average molecular weight is 275 g/mol. The van der Waals surface area contributed by atoms with Crippen LogP contribution >= 0.6 is 27.5 Å². The van der Waals surface area contributed by atoms with Gasteiger partial charge in [-0.05, 0) is 42.6 Å². The van der Waals surface area contributed by atoms with Gasteiger partial charge in [0, 0.05) is 15.5 Å². The van der Waals surface area contributed by atoms with E-state index in [-0.39, 0.29) is 0 Å². The van der Waals surface area contributed by atoms with Crippen LogP contribution < -0.4 is 5.32 Å². The maximum atomic E-state index is 6.18. The van der Waals surface area contributed by atoms with E-state index >= 15 is 0 Å². The quantitative estimate of drug-likeness (QED) is 0.826. The molecule has 1 aromatic carbocycles. The van der Waals surface area contributed by atoms with Crippen molar-refractivity contribution in [1.82, 2.24) is 5.32 Å². The van der Waals surface area contributed by atoms with Crippen molar-refractivity contribution in [3.05, 3.63) is 32.8 Å². The highest BCUT2D eigenvalue weighted by atomic mass is 79.9. The fraction of sp³-hybridized carbons (Fsp3) is 0.455. The monoisotopic (exact) mass is 273 g/mol. The Kier molecular flexibility index (Phi) is 2.87. The largest absolute Gasteiger partial charge is 0.313 e. The summed E-state index contributed by atoms with van der Waals surface area (Å²) < 4.78 is 1.17. The lowest BCUT2D eigenvalue weighted by Gasteiger charge is -2.16. The first kappa shape index (κ1) is 10.5. The van der Waals surface area contributed by atoms with Crippen LogP contribution in [0.3, 0.4) is 0 Å². The first-order chi connectivity index (χ1) is 6.65. The lowest BCUT2D eigenvalue weighted by molar-refractivity contribution is 0.446. The summed E-state index contributed by atoms with van der Waals surface area (Å²) in [4.78, 5) is 0. The molecule has 0 radical (unpaired) electrons. The van der Waals surface area contributed by atoms with Crippen molar-refractivity contribution in [3.8, 4) is 0 Å². The highest BCUT2D eigenvalue weighted by molar-refractivity contribution is 9.10. The minimum Gasteiger partial charge on any atom is -0.313 e. The Morgan fingerprint density at radius 2 is 2.21 bits per heavy atom. The molecule has 1 aromatic rings. The molecule has 76 valence electrons. The van der Waals surface area contributed by atoms with Crippen LogP contribution in [-0.2, 0) is 6.42 Å². The van der Waals surface area contributed by atoms with Gasteiger partial charge in [-0.2, -0.15) is 0 Å². The molecule has 0 saturated heterocycles. The molecule has 2 rings (SSSR count). The van der Waals surface area contributed by atoms with Crippen molar-refractivity contribution >= 4 is 27.5 Å². The van der Waals surface area contributed by atoms with E-state index in [1.807, 2.05) is 19.2 Å². The van der Waals surface area contributed by atoms with Crippen molar-refractivity contribution in [1.29, 1.82) is 0 Å². The van der Waals surface area contributed by atoms with E-state index < -0.39 is 0 Å². The molecule has 0 spiro atoms.